The van der Waals surface area contributed by atoms with E-state index in [1.54, 1.807) is 13.8 Å². The Morgan fingerprint density at radius 3 is 1.94 bits per heavy atom. The third kappa shape index (κ3) is 10.4. The minimum absolute atomic E-state index is 0.120. The van der Waals surface area contributed by atoms with Gasteiger partial charge in [-0.2, -0.15) is 0 Å². The van der Waals surface area contributed by atoms with Crippen molar-refractivity contribution in [1.29, 1.82) is 0 Å². The third-order valence-corrected chi connectivity index (χ3v) is 4.57. The number of aliphatic carboxylic acids is 2. The fraction of sp³-hybridized carbons (Fsp3) is 0.667. The van der Waals surface area contributed by atoms with Crippen LogP contribution in [0.5, 0.6) is 0 Å². The molecule has 5 atom stereocenters. The molecule has 0 aromatic carbocycles. The third-order valence-electron chi connectivity index (χ3n) is 4.57. The monoisotopic (exact) mass is 445 g/mol. The van der Waals surface area contributed by atoms with Gasteiger partial charge in [0.25, 0.3) is 0 Å². The van der Waals surface area contributed by atoms with Gasteiger partial charge in [0.15, 0.2) is 0 Å². The lowest BCUT2D eigenvalue weighted by atomic mass is 9.97. The Bertz CT molecular complexity index is 698. The molecule has 0 fully saturated rings. The van der Waals surface area contributed by atoms with Crippen molar-refractivity contribution in [2.75, 3.05) is 0 Å². The minimum Gasteiger partial charge on any atom is -0.481 e. The average Bonchev–Trinajstić information content (AvgIpc) is 2.67. The number of amides is 4. The van der Waals surface area contributed by atoms with Crippen LogP contribution in [0, 0.1) is 5.92 Å². The smallest absolute Gasteiger partial charge is 0.326 e. The number of carbonyl (C=O) groups is 6. The molecule has 9 N–H and O–H groups in total. The van der Waals surface area contributed by atoms with E-state index in [9.17, 15) is 28.8 Å². The van der Waals surface area contributed by atoms with E-state index in [-0.39, 0.29) is 18.8 Å². The van der Waals surface area contributed by atoms with E-state index in [0.29, 0.717) is 6.42 Å². The molecule has 0 aliphatic heterocycles. The van der Waals surface area contributed by atoms with Crippen LogP contribution in [0.25, 0.3) is 0 Å². The summed E-state index contributed by atoms with van der Waals surface area (Å²) in [5, 5.41) is 24.7. The molecule has 0 aliphatic rings. The Labute approximate surface area is 179 Å². The van der Waals surface area contributed by atoms with Crippen molar-refractivity contribution >= 4 is 35.6 Å². The molecule has 13 nitrogen and oxygen atoms in total. The number of carboxylic acid groups (broad SMARTS) is 2. The SMILES string of the molecule is CCC(C)C(NC(=O)C(N)CCC(=O)O)C(=O)NC(C)C(=O)NC(CC(N)=O)C(=O)O. The maximum absolute atomic E-state index is 12.6. The van der Waals surface area contributed by atoms with Crippen LogP contribution in [-0.2, 0) is 28.8 Å². The van der Waals surface area contributed by atoms with E-state index in [1.165, 1.54) is 6.92 Å². The summed E-state index contributed by atoms with van der Waals surface area (Å²) in [4.78, 5) is 69.8. The summed E-state index contributed by atoms with van der Waals surface area (Å²) in [6, 6.07) is -4.95. The molecular formula is C18H31N5O8. The number of carbonyl (C=O) groups excluding carboxylic acids is 4. The molecule has 0 heterocycles. The van der Waals surface area contributed by atoms with Gasteiger partial charge in [-0.15, -0.1) is 0 Å². The largest absolute Gasteiger partial charge is 0.481 e. The maximum atomic E-state index is 12.6. The zero-order valence-corrected chi connectivity index (χ0v) is 17.7. The Morgan fingerprint density at radius 2 is 1.48 bits per heavy atom. The van der Waals surface area contributed by atoms with Gasteiger partial charge in [-0.05, 0) is 19.3 Å². The predicted molar refractivity (Wildman–Crippen MR) is 107 cm³/mol. The lowest BCUT2D eigenvalue weighted by molar-refractivity contribution is -0.143. The Morgan fingerprint density at radius 1 is 0.903 bits per heavy atom. The van der Waals surface area contributed by atoms with Crippen molar-refractivity contribution in [1.82, 2.24) is 16.0 Å². The minimum atomic E-state index is -1.55. The van der Waals surface area contributed by atoms with Crippen LogP contribution in [0.1, 0.15) is 46.5 Å². The Balaban J connectivity index is 5.12. The van der Waals surface area contributed by atoms with Crippen LogP contribution in [0.3, 0.4) is 0 Å². The quantitative estimate of drug-likeness (QED) is 0.151. The summed E-state index contributed by atoms with van der Waals surface area (Å²) >= 11 is 0. The van der Waals surface area contributed by atoms with Crippen LogP contribution in [0.4, 0.5) is 0 Å². The molecule has 4 amide bonds. The maximum Gasteiger partial charge on any atom is 0.326 e. The molecule has 0 aromatic rings. The molecule has 5 unspecified atom stereocenters. The summed E-state index contributed by atoms with van der Waals surface area (Å²) in [5.74, 6) is -6.16. The van der Waals surface area contributed by atoms with Crippen LogP contribution in [0.15, 0.2) is 0 Å². The summed E-state index contributed by atoms with van der Waals surface area (Å²) < 4.78 is 0. The number of carboxylic acids is 2. The fourth-order valence-electron chi connectivity index (χ4n) is 2.44. The highest BCUT2D eigenvalue weighted by atomic mass is 16.4. The van der Waals surface area contributed by atoms with Crippen LogP contribution in [-0.4, -0.2) is 69.9 Å². The highest BCUT2D eigenvalue weighted by Gasteiger charge is 2.31. The summed E-state index contributed by atoms with van der Waals surface area (Å²) in [7, 11) is 0. The second-order valence-electron chi connectivity index (χ2n) is 7.21. The van der Waals surface area contributed by atoms with Gasteiger partial charge in [-0.3, -0.25) is 24.0 Å². The Kier molecular flexibility index (Phi) is 11.8. The molecule has 13 heteroatoms. The van der Waals surface area contributed by atoms with Gasteiger partial charge < -0.3 is 37.6 Å². The van der Waals surface area contributed by atoms with Gasteiger partial charge in [0.1, 0.15) is 18.1 Å². The number of primary amides is 1. The molecule has 0 rings (SSSR count). The number of rotatable bonds is 14. The fourth-order valence-corrected chi connectivity index (χ4v) is 2.44. The van der Waals surface area contributed by atoms with Crippen molar-refractivity contribution in [3.63, 3.8) is 0 Å². The molecule has 31 heavy (non-hydrogen) atoms. The number of hydrogen-bond donors (Lipinski definition) is 7. The lowest BCUT2D eigenvalue weighted by Crippen LogP contribution is -2.58. The van der Waals surface area contributed by atoms with E-state index in [4.69, 9.17) is 21.7 Å². The normalized spacial score (nSPS) is 15.5. The highest BCUT2D eigenvalue weighted by molar-refractivity contribution is 5.94. The van der Waals surface area contributed by atoms with Crippen molar-refractivity contribution in [2.45, 2.75) is 70.6 Å². The molecule has 0 aliphatic carbocycles. The van der Waals surface area contributed by atoms with Gasteiger partial charge in [0.2, 0.25) is 23.6 Å². The van der Waals surface area contributed by atoms with Crippen molar-refractivity contribution in [3.8, 4) is 0 Å². The first kappa shape index (κ1) is 27.8. The van der Waals surface area contributed by atoms with Gasteiger partial charge in [0, 0.05) is 6.42 Å². The average molecular weight is 445 g/mol. The predicted octanol–water partition coefficient (Wildman–Crippen LogP) is -2.34. The molecule has 0 saturated heterocycles. The standard InChI is InChI=1S/C18H31N5O8/c1-4-8(2)14(23-16(28)10(19)5-6-13(25)26)17(29)21-9(3)15(27)22-11(18(30)31)7-12(20)24/h8-11,14H,4-7,19H2,1-3H3,(H2,20,24)(H,21,29)(H,22,27)(H,23,28)(H,25,26)(H,30,31). The van der Waals surface area contributed by atoms with Crippen LogP contribution in [0.2, 0.25) is 0 Å². The van der Waals surface area contributed by atoms with Crippen molar-refractivity contribution in [2.24, 2.45) is 17.4 Å². The van der Waals surface area contributed by atoms with E-state index in [2.05, 4.69) is 16.0 Å². The first-order valence-electron chi connectivity index (χ1n) is 9.69. The molecule has 0 radical (unpaired) electrons. The number of nitrogens with two attached hydrogens (primary N) is 2. The first-order valence-corrected chi connectivity index (χ1v) is 9.69. The van der Waals surface area contributed by atoms with E-state index in [0.717, 1.165) is 0 Å². The number of hydrogen-bond acceptors (Lipinski definition) is 7. The van der Waals surface area contributed by atoms with E-state index in [1.807, 2.05) is 0 Å². The second-order valence-corrected chi connectivity index (χ2v) is 7.21. The van der Waals surface area contributed by atoms with Gasteiger partial charge in [-0.25, -0.2) is 4.79 Å². The molecule has 0 saturated carbocycles. The summed E-state index contributed by atoms with van der Waals surface area (Å²) in [6.45, 7) is 4.76. The lowest BCUT2D eigenvalue weighted by Gasteiger charge is -2.26. The molecule has 0 bridgehead atoms. The van der Waals surface area contributed by atoms with E-state index >= 15 is 0 Å². The molecule has 176 valence electrons. The van der Waals surface area contributed by atoms with Crippen LogP contribution >= 0.6 is 0 Å². The highest BCUT2D eigenvalue weighted by Crippen LogP contribution is 2.09. The van der Waals surface area contributed by atoms with Gasteiger partial charge in [-0.1, -0.05) is 20.3 Å². The molecular weight excluding hydrogens is 414 g/mol. The number of nitrogens with one attached hydrogen (secondary N) is 3. The van der Waals surface area contributed by atoms with E-state index < -0.39 is 66.2 Å². The zero-order chi connectivity index (χ0) is 24.3. The topological polar surface area (TPSA) is 231 Å². The summed E-state index contributed by atoms with van der Waals surface area (Å²) in [6.07, 6.45) is -0.572. The van der Waals surface area contributed by atoms with Crippen LogP contribution < -0.4 is 27.4 Å². The van der Waals surface area contributed by atoms with Gasteiger partial charge >= 0.3 is 11.9 Å². The van der Waals surface area contributed by atoms with Crippen molar-refractivity contribution in [3.05, 3.63) is 0 Å². The Hall–Kier alpha value is -3.22. The molecule has 0 aromatic heterocycles. The summed E-state index contributed by atoms with van der Waals surface area (Å²) in [5.41, 5.74) is 10.6. The second kappa shape index (κ2) is 13.2. The molecule has 0 spiro atoms. The van der Waals surface area contributed by atoms with Crippen molar-refractivity contribution < 1.29 is 39.0 Å². The first-order chi connectivity index (χ1) is 14.3. The van der Waals surface area contributed by atoms with Gasteiger partial charge in [0.05, 0.1) is 12.5 Å². The zero-order valence-electron chi connectivity index (χ0n) is 17.7.